The molecular formula is C15H23N3. The minimum Gasteiger partial charge on any atom is -0.361 e. The lowest BCUT2D eigenvalue weighted by Crippen LogP contribution is -2.27. The van der Waals surface area contributed by atoms with Crippen LogP contribution >= 0.6 is 0 Å². The van der Waals surface area contributed by atoms with Gasteiger partial charge in [-0.1, -0.05) is 13.8 Å². The smallest absolute Gasteiger partial charge is 0.0487 e. The van der Waals surface area contributed by atoms with Crippen molar-refractivity contribution in [2.45, 2.75) is 33.1 Å². The van der Waals surface area contributed by atoms with E-state index in [1.165, 1.54) is 42.4 Å². The van der Waals surface area contributed by atoms with Gasteiger partial charge in [0.25, 0.3) is 0 Å². The third-order valence-corrected chi connectivity index (χ3v) is 3.35. The summed E-state index contributed by atoms with van der Waals surface area (Å²) in [6.45, 7) is 8.04. The molecule has 0 aliphatic rings. The average molecular weight is 245 g/mol. The molecule has 0 aliphatic carbocycles. The molecule has 0 atom stereocenters. The topological polar surface area (TPSA) is 31.9 Å². The molecule has 0 fully saturated rings. The third kappa shape index (κ3) is 3.10. The van der Waals surface area contributed by atoms with E-state index in [-0.39, 0.29) is 0 Å². The normalized spacial score (nSPS) is 11.5. The third-order valence-electron chi connectivity index (χ3n) is 3.35. The molecule has 0 bridgehead atoms. The fourth-order valence-corrected chi connectivity index (χ4v) is 2.47. The van der Waals surface area contributed by atoms with E-state index >= 15 is 0 Å². The van der Waals surface area contributed by atoms with Gasteiger partial charge in [0.05, 0.1) is 0 Å². The molecule has 0 saturated heterocycles. The van der Waals surface area contributed by atoms with E-state index in [1.807, 2.05) is 18.5 Å². The maximum Gasteiger partial charge on any atom is 0.0487 e. The molecule has 0 saturated carbocycles. The maximum atomic E-state index is 4.21. The molecule has 0 radical (unpaired) electrons. The van der Waals surface area contributed by atoms with E-state index in [0.717, 1.165) is 13.0 Å². The lowest BCUT2D eigenvalue weighted by Gasteiger charge is -2.20. The Kier molecular flexibility index (Phi) is 4.76. The monoisotopic (exact) mass is 245 g/mol. The van der Waals surface area contributed by atoms with Crippen molar-refractivity contribution in [2.24, 2.45) is 0 Å². The van der Waals surface area contributed by atoms with Crippen LogP contribution < -0.4 is 0 Å². The maximum absolute atomic E-state index is 4.21. The van der Waals surface area contributed by atoms with Gasteiger partial charge in [-0.3, -0.25) is 4.98 Å². The Morgan fingerprint density at radius 3 is 2.67 bits per heavy atom. The first-order valence-electron chi connectivity index (χ1n) is 6.97. The van der Waals surface area contributed by atoms with E-state index in [4.69, 9.17) is 0 Å². The Hall–Kier alpha value is -1.35. The van der Waals surface area contributed by atoms with Crippen molar-refractivity contribution < 1.29 is 0 Å². The molecule has 2 heterocycles. The molecule has 18 heavy (non-hydrogen) atoms. The van der Waals surface area contributed by atoms with Crippen LogP contribution in [0.5, 0.6) is 0 Å². The number of rotatable bonds is 7. The van der Waals surface area contributed by atoms with Crippen LogP contribution in [0.4, 0.5) is 0 Å². The minimum absolute atomic E-state index is 1.10. The van der Waals surface area contributed by atoms with E-state index in [1.54, 1.807) is 0 Å². The van der Waals surface area contributed by atoms with Crippen molar-refractivity contribution >= 4 is 10.9 Å². The quantitative estimate of drug-likeness (QED) is 0.812. The zero-order chi connectivity index (χ0) is 12.8. The summed E-state index contributed by atoms with van der Waals surface area (Å²) in [5, 5.41) is 1.27. The number of aromatic amines is 1. The number of H-pyrrole nitrogens is 1. The predicted octanol–water partition coefficient (Wildman–Crippen LogP) is 3.23. The van der Waals surface area contributed by atoms with Crippen molar-refractivity contribution in [3.63, 3.8) is 0 Å². The van der Waals surface area contributed by atoms with Crippen LogP contribution in [0.25, 0.3) is 10.9 Å². The summed E-state index contributed by atoms with van der Waals surface area (Å²) < 4.78 is 0. The van der Waals surface area contributed by atoms with Gasteiger partial charge in [-0.2, -0.15) is 0 Å². The lowest BCUT2D eigenvalue weighted by atomic mass is 10.1. The van der Waals surface area contributed by atoms with Crippen LogP contribution in [0.1, 0.15) is 32.3 Å². The largest absolute Gasteiger partial charge is 0.361 e. The van der Waals surface area contributed by atoms with Crippen LogP contribution in [0.15, 0.2) is 24.7 Å². The molecule has 2 rings (SSSR count). The summed E-state index contributed by atoms with van der Waals surface area (Å²) in [6, 6.07) is 2.04. The van der Waals surface area contributed by atoms with E-state index in [9.17, 15) is 0 Å². The molecule has 0 aliphatic heterocycles. The summed E-state index contributed by atoms with van der Waals surface area (Å²) in [5.74, 6) is 0. The Morgan fingerprint density at radius 2 is 1.94 bits per heavy atom. The molecule has 2 aromatic heterocycles. The summed E-state index contributed by atoms with van der Waals surface area (Å²) in [7, 11) is 0. The molecule has 98 valence electrons. The number of fused-ring (bicyclic) bond motifs is 1. The lowest BCUT2D eigenvalue weighted by molar-refractivity contribution is 0.278. The fourth-order valence-electron chi connectivity index (χ4n) is 2.47. The average Bonchev–Trinajstić information content (AvgIpc) is 2.80. The zero-order valence-corrected chi connectivity index (χ0v) is 11.4. The number of hydrogen-bond donors (Lipinski definition) is 1. The van der Waals surface area contributed by atoms with Crippen LogP contribution in [-0.4, -0.2) is 34.5 Å². The molecule has 2 aromatic rings. The molecule has 0 spiro atoms. The highest BCUT2D eigenvalue weighted by Crippen LogP contribution is 2.17. The second kappa shape index (κ2) is 6.55. The minimum atomic E-state index is 1.10. The van der Waals surface area contributed by atoms with Crippen molar-refractivity contribution in [1.29, 1.82) is 0 Å². The van der Waals surface area contributed by atoms with Crippen molar-refractivity contribution in [3.8, 4) is 0 Å². The van der Waals surface area contributed by atoms with Gasteiger partial charge in [-0.05, 0) is 44.0 Å². The van der Waals surface area contributed by atoms with Gasteiger partial charge in [0.15, 0.2) is 0 Å². The van der Waals surface area contributed by atoms with Crippen LogP contribution in [0.3, 0.4) is 0 Å². The number of aromatic nitrogens is 2. The summed E-state index contributed by atoms with van der Waals surface area (Å²) >= 11 is 0. The number of hydrogen-bond acceptors (Lipinski definition) is 2. The summed E-state index contributed by atoms with van der Waals surface area (Å²) in [6.07, 6.45) is 9.49. The van der Waals surface area contributed by atoms with Crippen molar-refractivity contribution in [3.05, 3.63) is 30.2 Å². The SMILES string of the molecule is CCCN(CCC)CCc1c[nH]c2ccncc12. The van der Waals surface area contributed by atoms with Gasteiger partial charge in [-0.15, -0.1) is 0 Å². The number of pyridine rings is 1. The Balaban J connectivity index is 2.00. The van der Waals surface area contributed by atoms with Gasteiger partial charge >= 0.3 is 0 Å². The number of nitrogens with one attached hydrogen (secondary N) is 1. The highest BCUT2D eigenvalue weighted by atomic mass is 15.1. The van der Waals surface area contributed by atoms with Gasteiger partial charge in [0, 0.05) is 36.0 Å². The Morgan fingerprint density at radius 1 is 1.17 bits per heavy atom. The highest BCUT2D eigenvalue weighted by molar-refractivity contribution is 5.81. The summed E-state index contributed by atoms with van der Waals surface area (Å²) in [5.41, 5.74) is 2.58. The van der Waals surface area contributed by atoms with Gasteiger partial charge in [-0.25, -0.2) is 0 Å². The van der Waals surface area contributed by atoms with Crippen molar-refractivity contribution in [1.82, 2.24) is 14.9 Å². The van der Waals surface area contributed by atoms with Gasteiger partial charge < -0.3 is 9.88 Å². The van der Waals surface area contributed by atoms with E-state index in [0.29, 0.717) is 0 Å². The molecule has 0 amide bonds. The fraction of sp³-hybridized carbons (Fsp3) is 0.533. The van der Waals surface area contributed by atoms with E-state index in [2.05, 4.69) is 34.9 Å². The molecule has 1 N–H and O–H groups in total. The Labute approximate surface area is 109 Å². The second-order valence-electron chi connectivity index (χ2n) is 4.83. The molecular weight excluding hydrogens is 222 g/mol. The molecule has 3 nitrogen and oxygen atoms in total. The first kappa shape index (κ1) is 13.1. The zero-order valence-electron chi connectivity index (χ0n) is 11.4. The Bertz CT molecular complexity index is 469. The molecule has 0 aromatic carbocycles. The number of nitrogens with zero attached hydrogens (tertiary/aromatic N) is 2. The van der Waals surface area contributed by atoms with Gasteiger partial charge in [0.1, 0.15) is 0 Å². The molecule has 3 heteroatoms. The van der Waals surface area contributed by atoms with Crippen molar-refractivity contribution in [2.75, 3.05) is 19.6 Å². The first-order valence-corrected chi connectivity index (χ1v) is 6.97. The predicted molar refractivity (Wildman–Crippen MR) is 76.8 cm³/mol. The standard InChI is InChI=1S/C15H23N3/c1-3-8-18(9-4-2)10-6-13-11-17-15-5-7-16-12-14(13)15/h5,7,11-12,17H,3-4,6,8-10H2,1-2H3. The van der Waals surface area contributed by atoms with Crippen LogP contribution in [-0.2, 0) is 6.42 Å². The van der Waals surface area contributed by atoms with Crippen LogP contribution in [0, 0.1) is 0 Å². The summed E-state index contributed by atoms with van der Waals surface area (Å²) in [4.78, 5) is 10.1. The van der Waals surface area contributed by atoms with Gasteiger partial charge in [0.2, 0.25) is 0 Å². The van der Waals surface area contributed by atoms with Crippen LogP contribution in [0.2, 0.25) is 0 Å². The molecule has 0 unspecified atom stereocenters. The second-order valence-corrected chi connectivity index (χ2v) is 4.83. The highest BCUT2D eigenvalue weighted by Gasteiger charge is 2.06. The van der Waals surface area contributed by atoms with E-state index < -0.39 is 0 Å². The first-order chi connectivity index (χ1) is 8.85.